The Balaban J connectivity index is 2.34. The zero-order valence-electron chi connectivity index (χ0n) is 16.3. The Morgan fingerprint density at radius 2 is 1.96 bits per heavy atom. The summed E-state index contributed by atoms with van der Waals surface area (Å²) >= 11 is 0. The van der Waals surface area contributed by atoms with Gasteiger partial charge in [0.05, 0.1) is 12.2 Å². The van der Waals surface area contributed by atoms with Crippen LogP contribution in [0.2, 0.25) is 25.7 Å². The fourth-order valence-corrected chi connectivity index (χ4v) is 3.27. The molecule has 0 atom stereocenters. The van der Waals surface area contributed by atoms with Gasteiger partial charge in [-0.2, -0.15) is 0 Å². The minimum absolute atomic E-state index is 0.0303. The Morgan fingerprint density at radius 3 is 2.59 bits per heavy atom. The quantitative estimate of drug-likeness (QED) is 0.519. The second kappa shape index (κ2) is 9.01. The third-order valence-electron chi connectivity index (χ3n) is 4.02. The van der Waals surface area contributed by atoms with E-state index in [1.807, 2.05) is 6.92 Å². The molecule has 0 saturated carbocycles. The van der Waals surface area contributed by atoms with Gasteiger partial charge in [-0.15, -0.1) is 0 Å². The highest BCUT2D eigenvalue weighted by molar-refractivity contribution is 6.76. The van der Waals surface area contributed by atoms with Gasteiger partial charge in [-0.3, -0.25) is 9.36 Å². The third kappa shape index (κ3) is 6.08. The number of benzene rings is 1. The number of carbonyl (C=O) groups is 1. The summed E-state index contributed by atoms with van der Waals surface area (Å²) in [5.74, 6) is -0.457. The van der Waals surface area contributed by atoms with E-state index >= 15 is 0 Å². The first-order valence-corrected chi connectivity index (χ1v) is 12.7. The molecule has 1 N–H and O–H groups in total. The molecule has 0 aliphatic heterocycles. The summed E-state index contributed by atoms with van der Waals surface area (Å²) in [5.41, 5.74) is 0.678. The van der Waals surface area contributed by atoms with Crippen molar-refractivity contribution < 1.29 is 19.4 Å². The molecule has 2 rings (SSSR count). The lowest BCUT2D eigenvalue weighted by Crippen LogP contribution is -2.26. The van der Waals surface area contributed by atoms with Crippen molar-refractivity contribution in [3.05, 3.63) is 52.4 Å². The SMILES string of the molecule is CCOc1cccc(-c2cc(C(=O)O)cn(COCC[Si](C)(C)C)c2=O)c1. The average molecular weight is 390 g/mol. The number of hydrogen-bond donors (Lipinski definition) is 1. The molecule has 0 spiro atoms. The second-order valence-corrected chi connectivity index (χ2v) is 13.2. The molecular formula is C20H27NO5Si. The van der Waals surface area contributed by atoms with Gasteiger partial charge in [0.25, 0.3) is 5.56 Å². The van der Waals surface area contributed by atoms with Crippen LogP contribution in [0, 0.1) is 0 Å². The zero-order chi connectivity index (χ0) is 20.0. The summed E-state index contributed by atoms with van der Waals surface area (Å²) < 4.78 is 12.4. The predicted octanol–water partition coefficient (Wildman–Crippen LogP) is 3.92. The average Bonchev–Trinajstić information content (AvgIpc) is 2.59. The zero-order valence-corrected chi connectivity index (χ0v) is 17.3. The second-order valence-electron chi connectivity index (χ2n) is 7.53. The highest BCUT2D eigenvalue weighted by Crippen LogP contribution is 2.22. The van der Waals surface area contributed by atoms with Crippen molar-refractivity contribution in [3.63, 3.8) is 0 Å². The molecule has 0 radical (unpaired) electrons. The molecule has 7 heteroatoms. The van der Waals surface area contributed by atoms with Crippen molar-refractivity contribution >= 4 is 14.0 Å². The molecule has 0 amide bonds. The maximum Gasteiger partial charge on any atom is 0.337 e. The summed E-state index contributed by atoms with van der Waals surface area (Å²) in [5, 5.41) is 9.41. The topological polar surface area (TPSA) is 77.8 Å². The number of aromatic nitrogens is 1. The van der Waals surface area contributed by atoms with Gasteiger partial charge in [0.15, 0.2) is 0 Å². The number of nitrogens with zero attached hydrogens (tertiary/aromatic N) is 1. The Morgan fingerprint density at radius 1 is 1.22 bits per heavy atom. The molecule has 2 aromatic rings. The highest BCUT2D eigenvalue weighted by atomic mass is 28.3. The van der Waals surface area contributed by atoms with Crippen molar-refractivity contribution in [2.45, 2.75) is 39.3 Å². The predicted molar refractivity (Wildman–Crippen MR) is 108 cm³/mol. The van der Waals surface area contributed by atoms with Crippen LogP contribution in [0.5, 0.6) is 5.75 Å². The van der Waals surface area contributed by atoms with Crippen LogP contribution in [0.15, 0.2) is 41.3 Å². The minimum atomic E-state index is -1.24. The van der Waals surface area contributed by atoms with Gasteiger partial charge < -0.3 is 14.6 Å². The molecule has 146 valence electrons. The molecule has 27 heavy (non-hydrogen) atoms. The molecule has 0 unspecified atom stereocenters. The largest absolute Gasteiger partial charge is 0.494 e. The number of carboxylic acid groups (broad SMARTS) is 1. The fraction of sp³-hybridized carbons (Fsp3) is 0.400. The molecular weight excluding hydrogens is 362 g/mol. The van der Waals surface area contributed by atoms with Crippen LogP contribution in [0.1, 0.15) is 17.3 Å². The van der Waals surface area contributed by atoms with Gasteiger partial charge in [0.2, 0.25) is 0 Å². The molecule has 0 fully saturated rings. The molecule has 1 heterocycles. The standard InChI is InChI=1S/C20H27NO5Si/c1-5-26-17-8-6-7-15(11-17)18-12-16(20(23)24)13-21(19(18)22)14-25-9-10-27(2,3)4/h6-8,11-13H,5,9-10,14H2,1-4H3,(H,23,24). The van der Waals surface area contributed by atoms with Crippen LogP contribution < -0.4 is 10.3 Å². The van der Waals surface area contributed by atoms with E-state index < -0.39 is 14.0 Å². The number of aromatic carboxylic acids is 1. The smallest absolute Gasteiger partial charge is 0.337 e. The summed E-state index contributed by atoms with van der Waals surface area (Å²) in [7, 11) is -1.24. The van der Waals surface area contributed by atoms with E-state index in [-0.39, 0.29) is 17.9 Å². The maximum atomic E-state index is 12.9. The van der Waals surface area contributed by atoms with E-state index in [4.69, 9.17) is 9.47 Å². The van der Waals surface area contributed by atoms with Crippen LogP contribution in [-0.2, 0) is 11.5 Å². The van der Waals surface area contributed by atoms with E-state index in [0.29, 0.717) is 30.1 Å². The van der Waals surface area contributed by atoms with Crippen LogP contribution in [0.4, 0.5) is 0 Å². The van der Waals surface area contributed by atoms with Crippen molar-refractivity contribution in [1.29, 1.82) is 0 Å². The molecule has 0 aliphatic rings. The first kappa shape index (κ1) is 20.9. The van der Waals surface area contributed by atoms with Gasteiger partial charge in [-0.05, 0) is 36.7 Å². The number of pyridine rings is 1. The van der Waals surface area contributed by atoms with E-state index in [9.17, 15) is 14.7 Å². The summed E-state index contributed by atoms with van der Waals surface area (Å²) in [6.45, 7) is 9.71. The molecule has 1 aromatic heterocycles. The molecule has 1 aromatic carbocycles. The van der Waals surface area contributed by atoms with Crippen molar-refractivity contribution in [2.75, 3.05) is 13.2 Å². The Hall–Kier alpha value is -2.38. The lowest BCUT2D eigenvalue weighted by Gasteiger charge is -2.16. The van der Waals surface area contributed by atoms with Crippen molar-refractivity contribution in [3.8, 4) is 16.9 Å². The van der Waals surface area contributed by atoms with Crippen LogP contribution >= 0.6 is 0 Å². The Labute approximate surface area is 160 Å². The van der Waals surface area contributed by atoms with Gasteiger partial charge in [0, 0.05) is 26.4 Å². The van der Waals surface area contributed by atoms with Crippen molar-refractivity contribution in [2.24, 2.45) is 0 Å². The van der Waals surface area contributed by atoms with E-state index in [1.165, 1.54) is 16.8 Å². The lowest BCUT2D eigenvalue weighted by atomic mass is 10.1. The fourth-order valence-electron chi connectivity index (χ4n) is 2.52. The van der Waals surface area contributed by atoms with Gasteiger partial charge in [-0.1, -0.05) is 31.8 Å². The molecule has 0 aliphatic carbocycles. The van der Waals surface area contributed by atoms with Gasteiger partial charge >= 0.3 is 5.97 Å². The van der Waals surface area contributed by atoms with Crippen LogP contribution in [-0.4, -0.2) is 36.9 Å². The minimum Gasteiger partial charge on any atom is -0.494 e. The van der Waals surface area contributed by atoms with E-state index in [0.717, 1.165) is 6.04 Å². The molecule has 0 saturated heterocycles. The van der Waals surface area contributed by atoms with E-state index in [2.05, 4.69) is 19.6 Å². The first-order chi connectivity index (χ1) is 12.7. The van der Waals surface area contributed by atoms with Gasteiger partial charge in [0.1, 0.15) is 12.5 Å². The third-order valence-corrected chi connectivity index (χ3v) is 5.72. The highest BCUT2D eigenvalue weighted by Gasteiger charge is 2.15. The van der Waals surface area contributed by atoms with Crippen LogP contribution in [0.3, 0.4) is 0 Å². The van der Waals surface area contributed by atoms with E-state index in [1.54, 1.807) is 24.3 Å². The lowest BCUT2D eigenvalue weighted by molar-refractivity contribution is 0.0689. The maximum absolute atomic E-state index is 12.9. The Bertz CT molecular complexity index is 854. The number of rotatable bonds is 9. The monoisotopic (exact) mass is 389 g/mol. The Kier molecular flexibility index (Phi) is 6.98. The summed E-state index contributed by atoms with van der Waals surface area (Å²) in [6, 6.07) is 9.45. The van der Waals surface area contributed by atoms with Gasteiger partial charge in [-0.25, -0.2) is 4.79 Å². The molecule has 6 nitrogen and oxygen atoms in total. The molecule has 0 bridgehead atoms. The number of carboxylic acids is 1. The number of ether oxygens (including phenoxy) is 2. The first-order valence-electron chi connectivity index (χ1n) is 9.00. The van der Waals surface area contributed by atoms with Crippen molar-refractivity contribution in [1.82, 2.24) is 4.57 Å². The summed E-state index contributed by atoms with van der Waals surface area (Å²) in [4.78, 5) is 24.4. The summed E-state index contributed by atoms with van der Waals surface area (Å²) in [6.07, 6.45) is 1.33. The van der Waals surface area contributed by atoms with Crippen LogP contribution in [0.25, 0.3) is 11.1 Å². The normalized spacial score (nSPS) is 11.4. The number of hydrogen-bond acceptors (Lipinski definition) is 4.